The summed E-state index contributed by atoms with van der Waals surface area (Å²) in [6.07, 6.45) is -4.75. The van der Waals surface area contributed by atoms with Crippen LogP contribution in [0.2, 0.25) is 0 Å². The Morgan fingerprint density at radius 3 is 2.62 bits per heavy atom. The number of hydrogen-bond donors (Lipinski definition) is 1. The van der Waals surface area contributed by atoms with Gasteiger partial charge >= 0.3 is 6.18 Å². The lowest BCUT2D eigenvalue weighted by atomic mass is 10.1. The molecule has 8 heteroatoms. The van der Waals surface area contributed by atoms with Gasteiger partial charge in [0.25, 0.3) is 5.69 Å². The van der Waals surface area contributed by atoms with Crippen molar-refractivity contribution in [3.63, 3.8) is 0 Å². The number of nitrogens with one attached hydrogen (secondary N) is 1. The van der Waals surface area contributed by atoms with E-state index in [2.05, 4.69) is 5.32 Å². The molecule has 1 saturated heterocycles. The van der Waals surface area contributed by atoms with E-state index in [9.17, 15) is 23.3 Å². The van der Waals surface area contributed by atoms with E-state index < -0.39 is 22.4 Å². The minimum absolute atomic E-state index is 0.0174. The third-order valence-electron chi connectivity index (χ3n) is 3.58. The van der Waals surface area contributed by atoms with Crippen LogP contribution in [-0.2, 0) is 6.18 Å². The number of piperazine rings is 1. The standard InChI is InChI=1S/C13H16F3N3O2/c1-8-7-18(9(2)6-17-8)10-3-4-12(19(20)21)11(5-10)13(14,15)16/h3-5,8-9,17H,6-7H2,1-2H3/t8-,9+/m1/s1. The fourth-order valence-corrected chi connectivity index (χ4v) is 2.47. The van der Waals surface area contributed by atoms with Crippen molar-refractivity contribution in [2.75, 3.05) is 18.0 Å². The summed E-state index contributed by atoms with van der Waals surface area (Å²) < 4.78 is 39.0. The number of alkyl halides is 3. The Labute approximate surface area is 119 Å². The van der Waals surface area contributed by atoms with Crippen LogP contribution >= 0.6 is 0 Å². The summed E-state index contributed by atoms with van der Waals surface area (Å²) in [4.78, 5) is 11.6. The average molecular weight is 303 g/mol. The summed E-state index contributed by atoms with van der Waals surface area (Å²) in [5.74, 6) is 0. The minimum atomic E-state index is -4.75. The molecule has 1 aliphatic heterocycles. The van der Waals surface area contributed by atoms with Crippen LogP contribution in [-0.4, -0.2) is 30.1 Å². The molecule has 0 saturated carbocycles. The van der Waals surface area contributed by atoms with E-state index in [-0.39, 0.29) is 12.1 Å². The molecule has 0 amide bonds. The number of halogens is 3. The Balaban J connectivity index is 2.44. The van der Waals surface area contributed by atoms with E-state index in [1.165, 1.54) is 6.07 Å². The number of rotatable bonds is 2. The molecular formula is C13H16F3N3O2. The second-order valence-electron chi connectivity index (χ2n) is 5.27. The number of nitro groups is 1. The quantitative estimate of drug-likeness (QED) is 0.674. The zero-order valence-corrected chi connectivity index (χ0v) is 11.6. The molecule has 2 atom stereocenters. The molecule has 0 unspecified atom stereocenters. The molecule has 0 bridgehead atoms. The van der Waals surface area contributed by atoms with Gasteiger partial charge in [-0.15, -0.1) is 0 Å². The average Bonchev–Trinajstić information content (AvgIpc) is 2.40. The lowest BCUT2D eigenvalue weighted by molar-refractivity contribution is -0.388. The Kier molecular flexibility index (Phi) is 4.08. The molecule has 1 fully saturated rings. The second kappa shape index (κ2) is 5.51. The monoisotopic (exact) mass is 303 g/mol. The summed E-state index contributed by atoms with van der Waals surface area (Å²) in [5, 5.41) is 14.0. The van der Waals surface area contributed by atoms with Gasteiger partial charge in [-0.1, -0.05) is 0 Å². The molecule has 0 aromatic heterocycles. The van der Waals surface area contributed by atoms with Gasteiger partial charge in [0.05, 0.1) is 4.92 Å². The number of nitro benzene ring substituents is 1. The second-order valence-corrected chi connectivity index (χ2v) is 5.27. The van der Waals surface area contributed by atoms with Crippen molar-refractivity contribution >= 4 is 11.4 Å². The maximum atomic E-state index is 13.0. The van der Waals surface area contributed by atoms with Crippen LogP contribution in [0.25, 0.3) is 0 Å². The van der Waals surface area contributed by atoms with Gasteiger partial charge in [-0.2, -0.15) is 13.2 Å². The maximum absolute atomic E-state index is 13.0. The highest BCUT2D eigenvalue weighted by molar-refractivity contribution is 5.57. The summed E-state index contributed by atoms with van der Waals surface area (Å²) in [6, 6.07) is 3.33. The van der Waals surface area contributed by atoms with Crippen molar-refractivity contribution in [1.82, 2.24) is 5.32 Å². The van der Waals surface area contributed by atoms with Crippen LogP contribution in [0, 0.1) is 10.1 Å². The van der Waals surface area contributed by atoms with Crippen LogP contribution < -0.4 is 10.2 Å². The number of nitrogens with zero attached hydrogens (tertiary/aromatic N) is 2. The molecule has 21 heavy (non-hydrogen) atoms. The fraction of sp³-hybridized carbons (Fsp3) is 0.538. The topological polar surface area (TPSA) is 58.4 Å². The van der Waals surface area contributed by atoms with Crippen molar-refractivity contribution in [3.05, 3.63) is 33.9 Å². The first-order chi connectivity index (χ1) is 9.70. The fourth-order valence-electron chi connectivity index (χ4n) is 2.47. The van der Waals surface area contributed by atoms with Crippen molar-refractivity contribution in [2.24, 2.45) is 0 Å². The predicted octanol–water partition coefficient (Wildman–Crippen LogP) is 2.80. The molecule has 0 radical (unpaired) electrons. The highest BCUT2D eigenvalue weighted by atomic mass is 19.4. The summed E-state index contributed by atoms with van der Waals surface area (Å²) in [5.41, 5.74) is -1.76. The highest BCUT2D eigenvalue weighted by Gasteiger charge is 2.39. The Bertz CT molecular complexity index is 548. The van der Waals surface area contributed by atoms with E-state index in [4.69, 9.17) is 0 Å². The predicted molar refractivity (Wildman–Crippen MR) is 72.4 cm³/mol. The van der Waals surface area contributed by atoms with Gasteiger partial charge in [-0.3, -0.25) is 10.1 Å². The van der Waals surface area contributed by atoms with Crippen LogP contribution in [0.15, 0.2) is 18.2 Å². The zero-order valence-electron chi connectivity index (χ0n) is 11.6. The molecular weight excluding hydrogens is 287 g/mol. The third kappa shape index (κ3) is 3.26. The van der Waals surface area contributed by atoms with Crippen LogP contribution in [0.4, 0.5) is 24.5 Å². The van der Waals surface area contributed by atoms with Gasteiger partial charge < -0.3 is 10.2 Å². The lowest BCUT2D eigenvalue weighted by Crippen LogP contribution is -2.54. The summed E-state index contributed by atoms with van der Waals surface area (Å²) >= 11 is 0. The van der Waals surface area contributed by atoms with E-state index >= 15 is 0 Å². The molecule has 2 rings (SSSR count). The summed E-state index contributed by atoms with van der Waals surface area (Å²) in [7, 11) is 0. The molecule has 5 nitrogen and oxygen atoms in total. The first-order valence-electron chi connectivity index (χ1n) is 6.56. The van der Waals surface area contributed by atoms with Crippen molar-refractivity contribution in [2.45, 2.75) is 32.1 Å². The van der Waals surface area contributed by atoms with E-state index in [1.807, 2.05) is 18.7 Å². The first-order valence-corrected chi connectivity index (χ1v) is 6.56. The van der Waals surface area contributed by atoms with E-state index in [0.717, 1.165) is 12.1 Å². The Hall–Kier alpha value is -1.83. The third-order valence-corrected chi connectivity index (χ3v) is 3.58. The van der Waals surface area contributed by atoms with E-state index in [1.54, 1.807) is 0 Å². The van der Waals surface area contributed by atoms with Crippen LogP contribution in [0.5, 0.6) is 0 Å². The van der Waals surface area contributed by atoms with Gasteiger partial charge in [0.1, 0.15) is 5.56 Å². The van der Waals surface area contributed by atoms with Crippen LogP contribution in [0.3, 0.4) is 0 Å². The number of anilines is 1. The molecule has 1 heterocycles. The molecule has 1 aromatic carbocycles. The molecule has 1 aliphatic rings. The lowest BCUT2D eigenvalue weighted by Gasteiger charge is -2.39. The minimum Gasteiger partial charge on any atom is -0.366 e. The number of benzene rings is 1. The first kappa shape index (κ1) is 15.6. The normalized spacial score (nSPS) is 23.2. The highest BCUT2D eigenvalue weighted by Crippen LogP contribution is 2.38. The molecule has 1 N–H and O–H groups in total. The summed E-state index contributed by atoms with van der Waals surface area (Å²) in [6.45, 7) is 5.04. The largest absolute Gasteiger partial charge is 0.423 e. The molecule has 116 valence electrons. The molecule has 0 spiro atoms. The van der Waals surface area contributed by atoms with Gasteiger partial charge in [0.2, 0.25) is 0 Å². The van der Waals surface area contributed by atoms with Crippen molar-refractivity contribution in [1.29, 1.82) is 0 Å². The maximum Gasteiger partial charge on any atom is 0.423 e. The Morgan fingerprint density at radius 1 is 1.38 bits per heavy atom. The Morgan fingerprint density at radius 2 is 2.05 bits per heavy atom. The smallest absolute Gasteiger partial charge is 0.366 e. The zero-order chi connectivity index (χ0) is 15.8. The number of hydrogen-bond acceptors (Lipinski definition) is 4. The molecule has 1 aromatic rings. The van der Waals surface area contributed by atoms with Gasteiger partial charge in [-0.25, -0.2) is 0 Å². The van der Waals surface area contributed by atoms with Gasteiger partial charge in [0.15, 0.2) is 0 Å². The van der Waals surface area contributed by atoms with E-state index in [0.29, 0.717) is 18.8 Å². The molecule has 0 aliphatic carbocycles. The van der Waals surface area contributed by atoms with Gasteiger partial charge in [-0.05, 0) is 26.0 Å². The van der Waals surface area contributed by atoms with Crippen LogP contribution in [0.1, 0.15) is 19.4 Å². The van der Waals surface area contributed by atoms with Crippen molar-refractivity contribution in [3.8, 4) is 0 Å². The van der Waals surface area contributed by atoms with Crippen molar-refractivity contribution < 1.29 is 18.1 Å². The van der Waals surface area contributed by atoms with Gasteiger partial charge in [0, 0.05) is 36.9 Å². The SMILES string of the molecule is C[C@@H]1CN(c2ccc([N+](=O)[O-])c(C(F)(F)F)c2)[C@@H](C)CN1.